The van der Waals surface area contributed by atoms with Crippen LogP contribution in [0.3, 0.4) is 0 Å². The molecule has 43 heavy (non-hydrogen) atoms. The molecule has 0 N–H and O–H groups in total. The molecule has 7 heteroatoms. The van der Waals surface area contributed by atoms with Gasteiger partial charge in [0.05, 0.1) is 27.4 Å². The molecule has 7 rings (SSSR count). The Balaban J connectivity index is 1.59. The van der Waals surface area contributed by atoms with Crippen molar-refractivity contribution in [2.75, 3.05) is 26.2 Å². The Bertz CT molecular complexity index is 1790. The van der Waals surface area contributed by atoms with E-state index in [1.165, 1.54) is 21.3 Å². The normalized spacial score (nSPS) is 20.9. The molecule has 4 aromatic carbocycles. The van der Waals surface area contributed by atoms with Gasteiger partial charge in [0.25, 0.3) is 0 Å². The zero-order valence-electron chi connectivity index (χ0n) is 23.9. The zero-order chi connectivity index (χ0) is 29.9. The third kappa shape index (κ3) is 3.51. The lowest BCUT2D eigenvalue weighted by Gasteiger charge is -2.37. The highest BCUT2D eigenvalue weighted by Crippen LogP contribution is 2.63. The lowest BCUT2D eigenvalue weighted by atomic mass is 9.64. The molecule has 0 amide bonds. The van der Waals surface area contributed by atoms with Crippen molar-refractivity contribution in [2.45, 2.75) is 18.0 Å². The minimum absolute atomic E-state index is 0.203. The van der Waals surface area contributed by atoms with Crippen LogP contribution in [0.4, 0.5) is 5.69 Å². The van der Waals surface area contributed by atoms with Crippen molar-refractivity contribution in [3.8, 4) is 17.2 Å². The van der Waals surface area contributed by atoms with Gasteiger partial charge in [-0.15, -0.1) is 0 Å². The maximum atomic E-state index is 14.9. The Morgan fingerprint density at radius 2 is 1.35 bits per heavy atom. The lowest BCUT2D eigenvalue weighted by molar-refractivity contribution is 0.0664. The molecule has 0 bridgehead atoms. The van der Waals surface area contributed by atoms with E-state index in [1.807, 2.05) is 59.5 Å². The molecule has 2 aliphatic heterocycles. The molecule has 1 aliphatic carbocycles. The minimum Gasteiger partial charge on any atom is -0.493 e. The average Bonchev–Trinajstić information content (AvgIpc) is 3.49. The molecule has 0 radical (unpaired) electrons. The Kier molecular flexibility index (Phi) is 6.20. The van der Waals surface area contributed by atoms with Crippen molar-refractivity contribution in [1.29, 1.82) is 0 Å². The molecule has 1 fully saturated rings. The monoisotopic (exact) mass is 571 g/mol. The second-order valence-electron chi connectivity index (χ2n) is 10.9. The standard InChI is InChI=1S/C36H29NO6/c1-41-27-19-18-25(32(42-2)33(27)43-3)29-30(31(38)22-12-5-4-6-13-22)37-26-16-10-7-11-21(26)17-20-28(37)36(29)34(39)23-14-8-9-15-24(23)35(36)40/h4-20,28-30H,1-3H3/t28-,29-,30+/m1/s1. The number of ether oxygens (including phenoxy) is 3. The Labute approximate surface area is 249 Å². The molecule has 3 atom stereocenters. The van der Waals surface area contributed by atoms with Gasteiger partial charge in [-0.3, -0.25) is 14.4 Å². The number of benzene rings is 4. The number of methoxy groups -OCH3 is 3. The molecule has 2 heterocycles. The summed E-state index contributed by atoms with van der Waals surface area (Å²) in [6.07, 6.45) is 3.85. The molecule has 7 nitrogen and oxygen atoms in total. The Hall–Kier alpha value is -5.17. The summed E-state index contributed by atoms with van der Waals surface area (Å²) in [5.74, 6) is -0.703. The van der Waals surface area contributed by atoms with Gasteiger partial charge in [-0.25, -0.2) is 0 Å². The van der Waals surface area contributed by atoms with Gasteiger partial charge in [0.15, 0.2) is 28.8 Å². The highest BCUT2D eigenvalue weighted by Gasteiger charge is 2.72. The van der Waals surface area contributed by atoms with Crippen molar-refractivity contribution in [1.82, 2.24) is 0 Å². The van der Waals surface area contributed by atoms with Gasteiger partial charge in [0.1, 0.15) is 11.5 Å². The first-order chi connectivity index (χ1) is 21.0. The highest BCUT2D eigenvalue weighted by molar-refractivity contribution is 6.32. The molecule has 0 aromatic heterocycles. The number of nitrogens with zero attached hydrogens (tertiary/aromatic N) is 1. The predicted octanol–water partition coefficient (Wildman–Crippen LogP) is 6.03. The summed E-state index contributed by atoms with van der Waals surface area (Å²) in [6, 6.07) is 25.5. The van der Waals surface area contributed by atoms with Crippen LogP contribution in [-0.4, -0.2) is 50.8 Å². The van der Waals surface area contributed by atoms with Crippen LogP contribution in [0.2, 0.25) is 0 Å². The van der Waals surface area contributed by atoms with Gasteiger partial charge in [-0.2, -0.15) is 0 Å². The summed E-state index contributed by atoms with van der Waals surface area (Å²) in [4.78, 5) is 46.5. The third-order valence-corrected chi connectivity index (χ3v) is 9.11. The second-order valence-corrected chi connectivity index (χ2v) is 10.9. The number of para-hydroxylation sites is 1. The first-order valence-corrected chi connectivity index (χ1v) is 14.1. The van der Waals surface area contributed by atoms with Gasteiger partial charge in [0, 0.05) is 33.9 Å². The summed E-state index contributed by atoms with van der Waals surface area (Å²) >= 11 is 0. The molecule has 214 valence electrons. The molecule has 0 saturated carbocycles. The number of anilines is 1. The molecular formula is C36H29NO6. The maximum Gasteiger partial charge on any atom is 0.203 e. The van der Waals surface area contributed by atoms with E-state index >= 15 is 0 Å². The van der Waals surface area contributed by atoms with Crippen LogP contribution in [0.5, 0.6) is 17.2 Å². The number of carbonyl (C=O) groups is 3. The Morgan fingerprint density at radius 1 is 0.721 bits per heavy atom. The van der Waals surface area contributed by atoms with E-state index in [-0.39, 0.29) is 17.3 Å². The fraction of sp³-hybridized carbons (Fsp3) is 0.194. The lowest BCUT2D eigenvalue weighted by Crippen LogP contribution is -2.48. The third-order valence-electron chi connectivity index (χ3n) is 9.11. The highest BCUT2D eigenvalue weighted by atomic mass is 16.5. The number of carbonyl (C=O) groups excluding carboxylic acids is 3. The van der Waals surface area contributed by atoms with Crippen LogP contribution < -0.4 is 19.1 Å². The molecule has 0 unspecified atom stereocenters. The quantitative estimate of drug-likeness (QED) is 0.207. The number of fused-ring (bicyclic) bond motifs is 5. The van der Waals surface area contributed by atoms with Crippen molar-refractivity contribution in [3.05, 3.63) is 125 Å². The number of hydrogen-bond donors (Lipinski definition) is 0. The van der Waals surface area contributed by atoms with Crippen LogP contribution in [0.25, 0.3) is 6.08 Å². The Morgan fingerprint density at radius 3 is 2.00 bits per heavy atom. The largest absolute Gasteiger partial charge is 0.493 e. The summed E-state index contributed by atoms with van der Waals surface area (Å²) in [5.41, 5.74) is 1.74. The van der Waals surface area contributed by atoms with E-state index in [0.29, 0.717) is 39.5 Å². The van der Waals surface area contributed by atoms with E-state index in [9.17, 15) is 14.4 Å². The zero-order valence-corrected chi connectivity index (χ0v) is 23.9. The number of Topliss-reactive ketones (excluding diaryl/α,β-unsaturated/α-hetero) is 3. The molecule has 3 aliphatic rings. The van der Waals surface area contributed by atoms with Gasteiger partial charge in [-0.05, 0) is 17.7 Å². The number of rotatable bonds is 6. The van der Waals surface area contributed by atoms with Gasteiger partial charge in [0.2, 0.25) is 5.75 Å². The fourth-order valence-corrected chi connectivity index (χ4v) is 7.40. The predicted molar refractivity (Wildman–Crippen MR) is 163 cm³/mol. The van der Waals surface area contributed by atoms with Crippen LogP contribution in [-0.2, 0) is 0 Å². The SMILES string of the molecule is COc1ccc([C@@H]2[C@@H](C(=O)c3ccccc3)N3c4ccccc4C=C[C@@H]3C23C(=O)c2ccccc2C3=O)c(OC)c1OC. The smallest absolute Gasteiger partial charge is 0.203 e. The number of hydrogen-bond acceptors (Lipinski definition) is 7. The molecule has 1 saturated heterocycles. The van der Waals surface area contributed by atoms with Crippen molar-refractivity contribution < 1.29 is 28.6 Å². The van der Waals surface area contributed by atoms with Crippen LogP contribution in [0.15, 0.2) is 97.1 Å². The van der Waals surface area contributed by atoms with Crippen molar-refractivity contribution >= 4 is 29.1 Å². The van der Waals surface area contributed by atoms with E-state index < -0.39 is 23.4 Å². The summed E-state index contributed by atoms with van der Waals surface area (Å²) in [5, 5.41) is 0. The minimum atomic E-state index is -1.66. The first-order valence-electron chi connectivity index (χ1n) is 14.1. The summed E-state index contributed by atoms with van der Waals surface area (Å²) < 4.78 is 17.3. The number of ketones is 3. The summed E-state index contributed by atoms with van der Waals surface area (Å²) in [7, 11) is 4.54. The van der Waals surface area contributed by atoms with Gasteiger partial charge >= 0.3 is 0 Å². The molecular weight excluding hydrogens is 542 g/mol. The van der Waals surface area contributed by atoms with Crippen LogP contribution >= 0.6 is 0 Å². The van der Waals surface area contributed by atoms with Crippen molar-refractivity contribution in [2.24, 2.45) is 5.41 Å². The van der Waals surface area contributed by atoms with Gasteiger partial charge < -0.3 is 19.1 Å². The van der Waals surface area contributed by atoms with Crippen LogP contribution in [0, 0.1) is 5.41 Å². The van der Waals surface area contributed by atoms with Gasteiger partial charge in [-0.1, -0.05) is 91.0 Å². The summed E-state index contributed by atoms with van der Waals surface area (Å²) in [6.45, 7) is 0. The fourth-order valence-electron chi connectivity index (χ4n) is 7.40. The molecule has 4 aromatic rings. The van der Waals surface area contributed by atoms with E-state index in [2.05, 4.69) is 0 Å². The average molecular weight is 572 g/mol. The van der Waals surface area contributed by atoms with Crippen LogP contribution in [0.1, 0.15) is 48.1 Å². The van der Waals surface area contributed by atoms with E-state index in [1.54, 1.807) is 48.5 Å². The molecule has 1 spiro atoms. The maximum absolute atomic E-state index is 14.9. The van der Waals surface area contributed by atoms with Crippen molar-refractivity contribution in [3.63, 3.8) is 0 Å². The van der Waals surface area contributed by atoms with E-state index in [4.69, 9.17) is 14.2 Å². The van der Waals surface area contributed by atoms with E-state index in [0.717, 1.165) is 11.3 Å². The second kappa shape index (κ2) is 9.98. The first kappa shape index (κ1) is 26.7. The topological polar surface area (TPSA) is 82.1 Å².